The van der Waals surface area contributed by atoms with Gasteiger partial charge in [0, 0.05) is 48.2 Å². The zero-order chi connectivity index (χ0) is 21.4. The molecule has 2 heterocycles. The number of benzene rings is 2. The molecule has 1 fully saturated rings. The molecular weight excluding hydrogens is 386 g/mol. The maximum Gasteiger partial charge on any atom is 0.219 e. The molecule has 0 saturated heterocycles. The Morgan fingerprint density at radius 3 is 2.65 bits per heavy atom. The minimum absolute atomic E-state index is 0.124. The molecule has 2 aromatic heterocycles. The smallest absolute Gasteiger partial charge is 0.219 e. The Balaban J connectivity index is 1.36. The van der Waals surface area contributed by atoms with Crippen LogP contribution in [0.5, 0.6) is 0 Å². The summed E-state index contributed by atoms with van der Waals surface area (Å²) < 4.78 is 4.30. The number of nitrogens with one attached hydrogen (secondary N) is 1. The lowest BCUT2D eigenvalue weighted by Gasteiger charge is -2.16. The molecule has 158 valence electrons. The maximum atomic E-state index is 11.7. The number of carbonyl (C=O) groups is 1. The van der Waals surface area contributed by atoms with Gasteiger partial charge in [0.15, 0.2) is 5.82 Å². The zero-order valence-corrected chi connectivity index (χ0v) is 18.0. The first kappa shape index (κ1) is 19.5. The van der Waals surface area contributed by atoms with Gasteiger partial charge in [0.1, 0.15) is 6.33 Å². The third kappa shape index (κ3) is 3.74. The van der Waals surface area contributed by atoms with E-state index in [9.17, 15) is 4.79 Å². The summed E-state index contributed by atoms with van der Waals surface area (Å²) in [4.78, 5) is 11.7. The highest BCUT2D eigenvalue weighted by Gasteiger charge is 2.28. The van der Waals surface area contributed by atoms with Crippen LogP contribution in [-0.2, 0) is 11.8 Å². The molecule has 0 spiro atoms. The van der Waals surface area contributed by atoms with Crippen LogP contribution < -0.4 is 5.32 Å². The second kappa shape index (κ2) is 8.02. The van der Waals surface area contributed by atoms with Crippen molar-refractivity contribution < 1.29 is 4.79 Å². The summed E-state index contributed by atoms with van der Waals surface area (Å²) in [5.74, 6) is 1.01. The topological polar surface area (TPSA) is 64.7 Å². The Kier molecular flexibility index (Phi) is 5.06. The fourth-order valence-corrected chi connectivity index (χ4v) is 4.66. The van der Waals surface area contributed by atoms with Gasteiger partial charge in [-0.3, -0.25) is 4.79 Å². The van der Waals surface area contributed by atoms with Crippen LogP contribution in [0.1, 0.15) is 38.6 Å². The van der Waals surface area contributed by atoms with E-state index < -0.39 is 0 Å². The number of aromatic nitrogens is 4. The van der Waals surface area contributed by atoms with Crippen LogP contribution >= 0.6 is 0 Å². The monoisotopic (exact) mass is 413 g/mol. The third-order valence-corrected chi connectivity index (χ3v) is 6.42. The van der Waals surface area contributed by atoms with Gasteiger partial charge in [-0.2, -0.15) is 0 Å². The SMILES string of the molecule is CCC(=O)N[C@H]1CC[C@@H](n2cnnc2-c2ccc(-c3ccc4c(ccn4C)c3)cc2)C1. The van der Waals surface area contributed by atoms with Gasteiger partial charge in [-0.25, -0.2) is 0 Å². The minimum atomic E-state index is 0.124. The third-order valence-electron chi connectivity index (χ3n) is 6.42. The molecule has 1 amide bonds. The average Bonchev–Trinajstić information content (AvgIpc) is 3.54. The van der Waals surface area contributed by atoms with E-state index in [4.69, 9.17) is 0 Å². The number of nitrogens with zero attached hydrogens (tertiary/aromatic N) is 4. The Hall–Kier alpha value is -3.41. The molecule has 0 bridgehead atoms. The summed E-state index contributed by atoms with van der Waals surface area (Å²) in [6.45, 7) is 1.89. The van der Waals surface area contributed by atoms with Gasteiger partial charge < -0.3 is 14.5 Å². The first-order valence-electron chi connectivity index (χ1n) is 11.0. The first-order chi connectivity index (χ1) is 15.1. The van der Waals surface area contributed by atoms with E-state index in [2.05, 4.69) is 86.4 Å². The molecule has 1 aliphatic carbocycles. The maximum absolute atomic E-state index is 11.7. The van der Waals surface area contributed by atoms with E-state index >= 15 is 0 Å². The highest BCUT2D eigenvalue weighted by atomic mass is 16.1. The number of hydrogen-bond acceptors (Lipinski definition) is 3. The molecule has 0 unspecified atom stereocenters. The van der Waals surface area contributed by atoms with Crippen molar-refractivity contribution >= 4 is 16.8 Å². The van der Waals surface area contributed by atoms with Gasteiger partial charge >= 0.3 is 0 Å². The number of rotatable bonds is 5. The minimum Gasteiger partial charge on any atom is -0.353 e. The molecule has 4 aromatic rings. The van der Waals surface area contributed by atoms with Gasteiger partial charge in [0.2, 0.25) is 5.91 Å². The van der Waals surface area contributed by atoms with Gasteiger partial charge in [-0.05, 0) is 48.6 Å². The second-order valence-corrected chi connectivity index (χ2v) is 8.42. The van der Waals surface area contributed by atoms with Crippen molar-refractivity contribution in [2.75, 3.05) is 0 Å². The van der Waals surface area contributed by atoms with E-state index in [1.807, 2.05) is 13.3 Å². The van der Waals surface area contributed by atoms with Crippen LogP contribution in [0, 0.1) is 0 Å². The van der Waals surface area contributed by atoms with E-state index in [0.29, 0.717) is 12.5 Å². The molecule has 6 heteroatoms. The molecule has 1 saturated carbocycles. The highest BCUT2D eigenvalue weighted by Crippen LogP contribution is 2.34. The Morgan fingerprint density at radius 1 is 1.06 bits per heavy atom. The van der Waals surface area contributed by atoms with Crippen molar-refractivity contribution in [3.8, 4) is 22.5 Å². The standard InChI is InChI=1S/C25H27N5O/c1-3-24(31)27-21-9-10-22(15-21)30-16-26-28-25(30)18-6-4-17(5-7-18)19-8-11-23-20(14-19)12-13-29(23)2/h4-8,11-14,16,21-22H,3,9-10,15H2,1-2H3,(H,27,31)/t21-,22+/m0/s1. The molecule has 2 atom stereocenters. The second-order valence-electron chi connectivity index (χ2n) is 8.42. The largest absolute Gasteiger partial charge is 0.353 e. The van der Waals surface area contributed by atoms with Crippen LogP contribution in [0.3, 0.4) is 0 Å². The predicted molar refractivity (Wildman–Crippen MR) is 122 cm³/mol. The van der Waals surface area contributed by atoms with E-state index in [0.717, 1.165) is 30.7 Å². The van der Waals surface area contributed by atoms with E-state index in [-0.39, 0.29) is 11.9 Å². The Bertz CT molecular complexity index is 1220. The Morgan fingerprint density at radius 2 is 1.84 bits per heavy atom. The Labute approximate surface area is 181 Å². The van der Waals surface area contributed by atoms with Crippen molar-refractivity contribution in [3.63, 3.8) is 0 Å². The van der Waals surface area contributed by atoms with E-state index in [1.54, 1.807) is 0 Å². The van der Waals surface area contributed by atoms with Crippen molar-refractivity contribution in [2.45, 2.75) is 44.7 Å². The molecule has 6 nitrogen and oxygen atoms in total. The summed E-state index contributed by atoms with van der Waals surface area (Å²) in [7, 11) is 2.07. The zero-order valence-electron chi connectivity index (χ0n) is 18.0. The van der Waals surface area contributed by atoms with Gasteiger partial charge in [0.25, 0.3) is 0 Å². The molecule has 0 aliphatic heterocycles. The number of carbonyl (C=O) groups excluding carboxylic acids is 1. The predicted octanol–water partition coefficient (Wildman–Crippen LogP) is 4.72. The first-order valence-corrected chi connectivity index (χ1v) is 11.0. The lowest BCUT2D eigenvalue weighted by Crippen LogP contribution is -2.32. The average molecular weight is 414 g/mol. The van der Waals surface area contributed by atoms with Gasteiger partial charge in [0.05, 0.1) is 0 Å². The number of fused-ring (bicyclic) bond motifs is 1. The number of hydrogen-bond donors (Lipinski definition) is 1. The van der Waals surface area contributed by atoms with Gasteiger partial charge in [-0.1, -0.05) is 37.3 Å². The molecule has 2 aromatic carbocycles. The summed E-state index contributed by atoms with van der Waals surface area (Å²) in [6.07, 6.45) is 7.38. The highest BCUT2D eigenvalue weighted by molar-refractivity contribution is 5.85. The summed E-state index contributed by atoms with van der Waals surface area (Å²) >= 11 is 0. The summed E-state index contributed by atoms with van der Waals surface area (Å²) in [6, 6.07) is 17.8. The number of aryl methyl sites for hydroxylation is 1. The van der Waals surface area contributed by atoms with Crippen LogP contribution in [0.4, 0.5) is 0 Å². The van der Waals surface area contributed by atoms with Crippen molar-refractivity contribution in [1.29, 1.82) is 0 Å². The molecule has 1 aliphatic rings. The molecule has 31 heavy (non-hydrogen) atoms. The molecule has 0 radical (unpaired) electrons. The fourth-order valence-electron chi connectivity index (χ4n) is 4.66. The van der Waals surface area contributed by atoms with E-state index in [1.165, 1.54) is 22.0 Å². The van der Waals surface area contributed by atoms with Crippen molar-refractivity contribution in [2.24, 2.45) is 7.05 Å². The fraction of sp³-hybridized carbons (Fsp3) is 0.320. The normalized spacial score (nSPS) is 18.5. The summed E-state index contributed by atoms with van der Waals surface area (Å²) in [5.41, 5.74) is 4.68. The molecule has 1 N–H and O–H groups in total. The van der Waals surface area contributed by atoms with Crippen LogP contribution in [0.25, 0.3) is 33.4 Å². The van der Waals surface area contributed by atoms with Crippen LogP contribution in [0.2, 0.25) is 0 Å². The summed E-state index contributed by atoms with van der Waals surface area (Å²) in [5, 5.41) is 13.0. The van der Waals surface area contributed by atoms with Crippen molar-refractivity contribution in [1.82, 2.24) is 24.6 Å². The van der Waals surface area contributed by atoms with Gasteiger partial charge in [-0.15, -0.1) is 10.2 Å². The quantitative estimate of drug-likeness (QED) is 0.515. The molecular formula is C25H27N5O. The van der Waals surface area contributed by atoms with Crippen LogP contribution in [0.15, 0.2) is 61.1 Å². The number of amides is 1. The molecule has 5 rings (SSSR count). The van der Waals surface area contributed by atoms with Crippen molar-refractivity contribution in [3.05, 3.63) is 61.1 Å². The lowest BCUT2D eigenvalue weighted by atomic mass is 10.0. The lowest BCUT2D eigenvalue weighted by molar-refractivity contribution is -0.121. The van der Waals surface area contributed by atoms with Crippen LogP contribution in [-0.4, -0.2) is 31.3 Å².